The molecule has 13 aromatic carbocycles. The number of hydrogen-bond acceptors (Lipinski definition) is 4. The standard InChI is InChI=1S/C80H56N2O2/c1-79(2)65-45-64-66(46-63(65)73-57-35-19-17-33-55(57)71(47-67(73)79)81(51-29-13-7-14-30-51)69-43-23-41-61-59-39-21-37-53(75(59)83-77(61)69)49-25-9-5-10-26-49)80(3,4)68-48-72(56-34-18-20-36-58(56)74(64)68)82(52-31-15-8-16-32-52)70-44-24-42-62-60-40-22-38-54(76(60)84-78(62)70)50-27-11-6-12-28-50/h5-48H,1-4H3. The topological polar surface area (TPSA) is 32.8 Å². The zero-order valence-corrected chi connectivity index (χ0v) is 47.1. The van der Waals surface area contributed by atoms with Crippen LogP contribution in [0.4, 0.5) is 34.1 Å². The van der Waals surface area contributed by atoms with Gasteiger partial charge in [0.05, 0.1) is 22.7 Å². The van der Waals surface area contributed by atoms with E-state index in [1.165, 1.54) is 66.1 Å². The number of benzene rings is 13. The number of para-hydroxylation sites is 6. The lowest BCUT2D eigenvalue weighted by molar-refractivity contribution is 0.652. The van der Waals surface area contributed by atoms with E-state index in [-0.39, 0.29) is 10.8 Å². The van der Waals surface area contributed by atoms with Crippen LogP contribution in [0.1, 0.15) is 49.9 Å². The highest BCUT2D eigenvalue weighted by Gasteiger charge is 2.44. The van der Waals surface area contributed by atoms with Crippen LogP contribution in [0.25, 0.3) is 110 Å². The van der Waals surface area contributed by atoms with Gasteiger partial charge in [-0.1, -0.05) is 234 Å². The summed E-state index contributed by atoms with van der Waals surface area (Å²) in [6.45, 7) is 9.73. The molecule has 4 heteroatoms. The zero-order chi connectivity index (χ0) is 56.0. The molecule has 0 atom stereocenters. The minimum absolute atomic E-state index is 0.366. The number of nitrogens with zero attached hydrogens (tertiary/aromatic N) is 2. The maximum atomic E-state index is 7.18. The van der Waals surface area contributed by atoms with Crippen LogP contribution in [-0.4, -0.2) is 0 Å². The molecule has 84 heavy (non-hydrogen) atoms. The van der Waals surface area contributed by atoms with Gasteiger partial charge in [0.2, 0.25) is 0 Å². The van der Waals surface area contributed by atoms with Crippen LogP contribution in [-0.2, 0) is 10.8 Å². The summed E-state index contributed by atoms with van der Waals surface area (Å²) in [7, 11) is 0. The van der Waals surface area contributed by atoms with Gasteiger partial charge in [0, 0.05) is 65.6 Å². The molecular weight excluding hydrogens is 1020 g/mol. The predicted octanol–water partition coefficient (Wildman–Crippen LogP) is 22.7. The molecule has 15 aromatic rings. The van der Waals surface area contributed by atoms with Gasteiger partial charge >= 0.3 is 0 Å². The zero-order valence-electron chi connectivity index (χ0n) is 47.1. The Bertz CT molecular complexity index is 4860. The van der Waals surface area contributed by atoms with Crippen LogP contribution in [0.2, 0.25) is 0 Å². The van der Waals surface area contributed by atoms with E-state index in [4.69, 9.17) is 8.83 Å². The fourth-order valence-electron chi connectivity index (χ4n) is 14.6. The van der Waals surface area contributed by atoms with Gasteiger partial charge < -0.3 is 18.6 Å². The smallest absolute Gasteiger partial charge is 0.159 e. The van der Waals surface area contributed by atoms with Gasteiger partial charge in [-0.2, -0.15) is 0 Å². The molecule has 2 heterocycles. The van der Waals surface area contributed by atoms with Gasteiger partial charge in [0.15, 0.2) is 11.2 Å². The predicted molar refractivity (Wildman–Crippen MR) is 351 cm³/mol. The summed E-state index contributed by atoms with van der Waals surface area (Å²) in [6, 6.07) is 97.3. The summed E-state index contributed by atoms with van der Waals surface area (Å²) in [5, 5.41) is 9.20. The van der Waals surface area contributed by atoms with Crippen LogP contribution in [0.3, 0.4) is 0 Å². The van der Waals surface area contributed by atoms with Crippen molar-refractivity contribution in [3.05, 3.63) is 289 Å². The number of fused-ring (bicyclic) bond motifs is 16. The minimum atomic E-state index is -0.366. The second kappa shape index (κ2) is 18.0. The highest BCUT2D eigenvalue weighted by molar-refractivity contribution is 6.18. The van der Waals surface area contributed by atoms with E-state index in [1.807, 2.05) is 0 Å². The first-order chi connectivity index (χ1) is 41.2. The monoisotopic (exact) mass is 1080 g/mol. The molecule has 2 aromatic heterocycles. The Labute approximate surface area is 487 Å². The maximum Gasteiger partial charge on any atom is 0.159 e. The van der Waals surface area contributed by atoms with E-state index in [1.54, 1.807) is 0 Å². The van der Waals surface area contributed by atoms with Gasteiger partial charge in [-0.3, -0.25) is 0 Å². The third-order valence-corrected chi connectivity index (χ3v) is 18.6. The number of furan rings is 2. The van der Waals surface area contributed by atoms with Crippen molar-refractivity contribution in [1.82, 2.24) is 0 Å². The fraction of sp³-hybridized carbons (Fsp3) is 0.0750. The molecule has 17 rings (SSSR count). The summed E-state index contributed by atoms with van der Waals surface area (Å²) >= 11 is 0. The van der Waals surface area contributed by atoms with Gasteiger partial charge in [0.25, 0.3) is 0 Å². The second-order valence-electron chi connectivity index (χ2n) is 23.9. The molecule has 0 fully saturated rings. The van der Waals surface area contributed by atoms with Crippen molar-refractivity contribution < 1.29 is 8.83 Å². The average molecular weight is 1080 g/mol. The molecule has 0 saturated carbocycles. The molecule has 0 radical (unpaired) electrons. The van der Waals surface area contributed by atoms with Gasteiger partial charge in [0.1, 0.15) is 11.2 Å². The largest absolute Gasteiger partial charge is 0.453 e. The average Bonchev–Trinajstić information content (AvgIpc) is 2.43. The van der Waals surface area contributed by atoms with Crippen molar-refractivity contribution in [1.29, 1.82) is 0 Å². The van der Waals surface area contributed by atoms with Gasteiger partial charge in [-0.15, -0.1) is 0 Å². The molecule has 2 aliphatic carbocycles. The summed E-state index contributed by atoms with van der Waals surface area (Å²) in [4.78, 5) is 4.88. The first-order valence-electron chi connectivity index (χ1n) is 29.2. The summed E-state index contributed by atoms with van der Waals surface area (Å²) in [5.74, 6) is 0. The Kier molecular flexibility index (Phi) is 10.4. The number of hydrogen-bond donors (Lipinski definition) is 0. The van der Waals surface area contributed by atoms with E-state index in [2.05, 4.69) is 304 Å². The third kappa shape index (κ3) is 6.88. The number of anilines is 6. The molecule has 398 valence electrons. The molecule has 0 spiro atoms. The van der Waals surface area contributed by atoms with E-state index in [9.17, 15) is 0 Å². The first-order valence-corrected chi connectivity index (χ1v) is 29.2. The van der Waals surface area contributed by atoms with Crippen molar-refractivity contribution >= 4 is 99.5 Å². The fourth-order valence-corrected chi connectivity index (χ4v) is 14.6. The van der Waals surface area contributed by atoms with Crippen LogP contribution < -0.4 is 9.80 Å². The number of rotatable bonds is 8. The molecule has 2 aliphatic rings. The van der Waals surface area contributed by atoms with E-state index < -0.39 is 0 Å². The quantitative estimate of drug-likeness (QED) is 0.152. The van der Waals surface area contributed by atoms with Crippen LogP contribution in [0, 0.1) is 0 Å². The van der Waals surface area contributed by atoms with Gasteiger partial charge in [-0.25, -0.2) is 0 Å². The van der Waals surface area contributed by atoms with E-state index >= 15 is 0 Å². The minimum Gasteiger partial charge on any atom is -0.453 e. The van der Waals surface area contributed by atoms with Crippen molar-refractivity contribution in [3.63, 3.8) is 0 Å². The van der Waals surface area contributed by atoms with Crippen molar-refractivity contribution in [3.8, 4) is 44.5 Å². The van der Waals surface area contributed by atoms with Crippen molar-refractivity contribution in [2.24, 2.45) is 0 Å². The third-order valence-electron chi connectivity index (χ3n) is 18.6. The van der Waals surface area contributed by atoms with Crippen LogP contribution in [0.5, 0.6) is 0 Å². The first kappa shape index (κ1) is 48.3. The molecular formula is C80H56N2O2. The van der Waals surface area contributed by atoms with Gasteiger partial charge in [-0.05, 0) is 127 Å². The Morgan fingerprint density at radius 2 is 0.571 bits per heavy atom. The normalized spacial score (nSPS) is 13.7. The van der Waals surface area contributed by atoms with Crippen molar-refractivity contribution in [2.75, 3.05) is 9.80 Å². The van der Waals surface area contributed by atoms with E-state index in [0.717, 1.165) is 100 Å². The lowest BCUT2D eigenvalue weighted by Crippen LogP contribution is -2.18. The molecule has 0 unspecified atom stereocenters. The lowest BCUT2D eigenvalue weighted by atomic mass is 9.79. The second-order valence-corrected chi connectivity index (χ2v) is 23.9. The summed E-state index contributed by atoms with van der Waals surface area (Å²) < 4.78 is 14.4. The Morgan fingerprint density at radius 3 is 0.964 bits per heavy atom. The highest BCUT2D eigenvalue weighted by Crippen LogP contribution is 2.61. The Morgan fingerprint density at radius 1 is 0.250 bits per heavy atom. The van der Waals surface area contributed by atoms with Crippen LogP contribution in [0.15, 0.2) is 276 Å². The van der Waals surface area contributed by atoms with E-state index in [0.29, 0.717) is 0 Å². The Hall–Kier alpha value is -10.4. The molecule has 0 amide bonds. The molecule has 4 nitrogen and oxygen atoms in total. The van der Waals surface area contributed by atoms with Crippen LogP contribution >= 0.6 is 0 Å². The molecule has 0 saturated heterocycles. The lowest BCUT2D eigenvalue weighted by Gasteiger charge is -2.30. The summed E-state index contributed by atoms with van der Waals surface area (Å²) in [5.41, 5.74) is 24.1. The molecule has 0 bridgehead atoms. The Balaban J connectivity index is 0.850. The molecule has 0 N–H and O–H groups in total. The maximum absolute atomic E-state index is 7.18. The highest BCUT2D eigenvalue weighted by atomic mass is 16.3. The van der Waals surface area contributed by atoms with Crippen molar-refractivity contribution in [2.45, 2.75) is 38.5 Å². The SMILES string of the molecule is CC1(C)c2cc3c(cc2-c2c1cc(N(c1ccccc1)c1cccc4c1oc1c(-c5ccccc5)cccc14)c1ccccc21)C(C)(C)c1cc(N(c2ccccc2)c2cccc4c2oc2c(-c5ccccc5)cccc24)c2ccccc2c1-3. The molecule has 0 aliphatic heterocycles. The summed E-state index contributed by atoms with van der Waals surface area (Å²) in [6.07, 6.45) is 0.